The summed E-state index contributed by atoms with van der Waals surface area (Å²) in [5.74, 6) is -0.391. The van der Waals surface area contributed by atoms with Crippen LogP contribution in [0.4, 0.5) is 4.39 Å². The number of hydrogen-bond donors (Lipinski definition) is 0. The van der Waals surface area contributed by atoms with Gasteiger partial charge in [0.2, 0.25) is 0 Å². The van der Waals surface area contributed by atoms with Crippen LogP contribution < -0.4 is 0 Å². The lowest BCUT2D eigenvalue weighted by molar-refractivity contribution is -0.146. The van der Waals surface area contributed by atoms with E-state index < -0.39 is 11.6 Å². The largest absolute Gasteiger partial charge is 0.335 e. The van der Waals surface area contributed by atoms with Crippen LogP contribution in [-0.2, 0) is 4.79 Å². The number of hydrogen-bond acceptors (Lipinski definition) is 2. The first kappa shape index (κ1) is 15.4. The summed E-state index contributed by atoms with van der Waals surface area (Å²) < 4.78 is 13.4. The number of nitrogens with zero attached hydrogens (tertiary/aromatic N) is 2. The number of halogens is 1. The fourth-order valence-electron chi connectivity index (χ4n) is 1.78. The van der Waals surface area contributed by atoms with Crippen molar-refractivity contribution in [2.24, 2.45) is 0 Å². The van der Waals surface area contributed by atoms with Gasteiger partial charge in [-0.2, -0.15) is 0 Å². The van der Waals surface area contributed by atoms with E-state index in [0.29, 0.717) is 6.54 Å². The molecule has 0 radical (unpaired) electrons. The van der Waals surface area contributed by atoms with Crippen LogP contribution in [0.25, 0.3) is 0 Å². The van der Waals surface area contributed by atoms with Crippen molar-refractivity contribution in [2.75, 3.05) is 26.7 Å². The van der Waals surface area contributed by atoms with Gasteiger partial charge in [-0.3, -0.25) is 4.79 Å². The van der Waals surface area contributed by atoms with E-state index >= 15 is 0 Å². The van der Waals surface area contributed by atoms with E-state index in [1.807, 2.05) is 27.8 Å². The number of rotatable bonds is 1. The summed E-state index contributed by atoms with van der Waals surface area (Å²) in [6.45, 7) is 10.9. The average Bonchev–Trinajstić information content (AvgIpc) is 2.18. The maximum atomic E-state index is 13.4. The van der Waals surface area contributed by atoms with Crippen molar-refractivity contribution in [3.05, 3.63) is 0 Å². The minimum atomic E-state index is -1.75. The molecule has 1 rings (SSSR count). The Kier molecular flexibility index (Phi) is 5.94. The number of carbonyl (C=O) groups excluding carboxylic acids is 1. The van der Waals surface area contributed by atoms with Crippen LogP contribution in [0.5, 0.6) is 0 Å². The average molecular weight is 232 g/mol. The fraction of sp³-hybridized carbons (Fsp3) is 0.917. The van der Waals surface area contributed by atoms with Crippen LogP contribution in [0.1, 0.15) is 34.6 Å². The first-order chi connectivity index (χ1) is 7.32. The van der Waals surface area contributed by atoms with Gasteiger partial charge in [-0.15, -0.1) is 0 Å². The van der Waals surface area contributed by atoms with E-state index in [0.717, 1.165) is 13.1 Å². The van der Waals surface area contributed by atoms with Gasteiger partial charge in [0.25, 0.3) is 5.91 Å². The Bertz CT molecular complexity index is 226. The molecule has 0 N–H and O–H groups in total. The summed E-state index contributed by atoms with van der Waals surface area (Å²) >= 11 is 0. The molecule has 0 aliphatic carbocycles. The molecule has 0 aromatic carbocycles. The van der Waals surface area contributed by atoms with Gasteiger partial charge in [-0.1, -0.05) is 13.8 Å². The molecule has 0 aromatic heterocycles. The molecule has 1 aliphatic rings. The van der Waals surface area contributed by atoms with Gasteiger partial charge in [0.15, 0.2) is 5.67 Å². The van der Waals surface area contributed by atoms with Gasteiger partial charge in [-0.05, 0) is 27.8 Å². The number of amides is 1. The molecule has 0 spiro atoms. The van der Waals surface area contributed by atoms with Crippen molar-refractivity contribution in [3.8, 4) is 0 Å². The molecule has 1 aliphatic heterocycles. The zero-order chi connectivity index (χ0) is 12.9. The smallest absolute Gasteiger partial charge is 0.259 e. The molecule has 1 atom stereocenters. The summed E-state index contributed by atoms with van der Waals surface area (Å²) in [6, 6.07) is 0.108. The summed E-state index contributed by atoms with van der Waals surface area (Å²) in [6.07, 6.45) is 0. The van der Waals surface area contributed by atoms with Crippen molar-refractivity contribution in [1.82, 2.24) is 9.80 Å². The molecular weight excluding hydrogens is 207 g/mol. The Morgan fingerprint density at radius 2 is 1.81 bits per heavy atom. The normalized spacial score (nSPS) is 22.4. The van der Waals surface area contributed by atoms with Gasteiger partial charge < -0.3 is 9.80 Å². The number of likely N-dealkylation sites (N-methyl/N-ethyl adjacent to an activating group) is 1. The Balaban J connectivity index is 0.00000106. The lowest BCUT2D eigenvalue weighted by Crippen LogP contribution is -2.56. The third kappa shape index (κ3) is 4.08. The molecule has 0 bridgehead atoms. The third-order valence-corrected chi connectivity index (χ3v) is 2.60. The number of alkyl halides is 1. The molecule has 0 saturated carbocycles. The second-order valence-corrected chi connectivity index (χ2v) is 4.58. The van der Waals surface area contributed by atoms with Crippen molar-refractivity contribution >= 4 is 5.91 Å². The predicted octanol–water partition coefficient (Wildman–Crippen LogP) is 1.92. The van der Waals surface area contributed by atoms with Crippen LogP contribution in [0.15, 0.2) is 0 Å². The monoisotopic (exact) mass is 232 g/mol. The molecule has 4 heteroatoms. The molecule has 1 saturated heterocycles. The Morgan fingerprint density at radius 3 is 2.19 bits per heavy atom. The van der Waals surface area contributed by atoms with E-state index in [-0.39, 0.29) is 6.04 Å². The number of carbonyl (C=O) groups is 1. The van der Waals surface area contributed by atoms with Gasteiger partial charge in [0.1, 0.15) is 0 Å². The predicted molar refractivity (Wildman–Crippen MR) is 65.2 cm³/mol. The molecule has 1 amide bonds. The first-order valence-corrected chi connectivity index (χ1v) is 6.01. The minimum Gasteiger partial charge on any atom is -0.335 e. The fourth-order valence-corrected chi connectivity index (χ4v) is 1.78. The van der Waals surface area contributed by atoms with E-state index in [2.05, 4.69) is 4.90 Å². The molecule has 16 heavy (non-hydrogen) atoms. The highest BCUT2D eigenvalue weighted by atomic mass is 19.1. The molecule has 1 heterocycles. The Hall–Kier alpha value is -0.640. The highest BCUT2D eigenvalue weighted by Gasteiger charge is 2.35. The van der Waals surface area contributed by atoms with E-state index in [1.165, 1.54) is 13.8 Å². The van der Waals surface area contributed by atoms with Gasteiger partial charge >= 0.3 is 0 Å². The lowest BCUT2D eigenvalue weighted by Gasteiger charge is -2.40. The second-order valence-electron chi connectivity index (χ2n) is 4.58. The van der Waals surface area contributed by atoms with Crippen molar-refractivity contribution in [3.63, 3.8) is 0 Å². The van der Waals surface area contributed by atoms with Crippen LogP contribution >= 0.6 is 0 Å². The van der Waals surface area contributed by atoms with Crippen molar-refractivity contribution < 1.29 is 9.18 Å². The zero-order valence-electron chi connectivity index (χ0n) is 11.4. The van der Waals surface area contributed by atoms with Crippen molar-refractivity contribution in [1.29, 1.82) is 0 Å². The van der Waals surface area contributed by atoms with Gasteiger partial charge in [-0.25, -0.2) is 4.39 Å². The third-order valence-electron chi connectivity index (χ3n) is 2.60. The Labute approximate surface area is 98.6 Å². The molecule has 96 valence electrons. The molecule has 1 unspecified atom stereocenters. The lowest BCUT2D eigenvalue weighted by atomic mass is 10.1. The topological polar surface area (TPSA) is 23.6 Å². The van der Waals surface area contributed by atoms with Crippen molar-refractivity contribution in [2.45, 2.75) is 46.3 Å². The first-order valence-electron chi connectivity index (χ1n) is 6.01. The van der Waals surface area contributed by atoms with E-state index in [9.17, 15) is 9.18 Å². The maximum absolute atomic E-state index is 13.4. The molecule has 1 fully saturated rings. The Morgan fingerprint density at radius 1 is 1.31 bits per heavy atom. The minimum absolute atomic E-state index is 0.108. The number of piperazine rings is 1. The summed E-state index contributed by atoms with van der Waals surface area (Å²) in [4.78, 5) is 15.5. The van der Waals surface area contributed by atoms with E-state index in [1.54, 1.807) is 4.90 Å². The van der Waals surface area contributed by atoms with E-state index in [4.69, 9.17) is 0 Å². The zero-order valence-corrected chi connectivity index (χ0v) is 11.4. The van der Waals surface area contributed by atoms with Gasteiger partial charge in [0, 0.05) is 25.7 Å². The molecule has 3 nitrogen and oxygen atoms in total. The molecular formula is C12H25FN2O. The van der Waals surface area contributed by atoms with Gasteiger partial charge in [0.05, 0.1) is 0 Å². The molecule has 0 aromatic rings. The highest BCUT2D eigenvalue weighted by Crippen LogP contribution is 2.17. The highest BCUT2D eigenvalue weighted by molar-refractivity contribution is 5.84. The van der Waals surface area contributed by atoms with Crippen LogP contribution in [0.2, 0.25) is 0 Å². The summed E-state index contributed by atoms with van der Waals surface area (Å²) in [5, 5.41) is 0. The maximum Gasteiger partial charge on any atom is 0.259 e. The summed E-state index contributed by atoms with van der Waals surface area (Å²) in [7, 11) is 2.01. The standard InChI is InChI=1S/C10H19FN2O.C2H6/c1-8-7-12(4)5-6-13(8)9(14)10(2,3)11;1-2/h8H,5-7H2,1-4H3;1-2H3. The van der Waals surface area contributed by atoms with Crippen LogP contribution in [0.3, 0.4) is 0 Å². The summed E-state index contributed by atoms with van der Waals surface area (Å²) in [5.41, 5.74) is -1.75. The SMILES string of the molecule is CC.CC1CN(C)CCN1C(=O)C(C)(C)F. The second kappa shape index (κ2) is 6.18. The van der Waals surface area contributed by atoms with Crippen LogP contribution in [-0.4, -0.2) is 54.1 Å². The van der Waals surface area contributed by atoms with Crippen LogP contribution in [0, 0.1) is 0 Å². The quantitative estimate of drug-likeness (QED) is 0.689.